The Labute approximate surface area is 145 Å². The maximum absolute atomic E-state index is 11.5. The van der Waals surface area contributed by atoms with Crippen molar-refractivity contribution in [3.8, 4) is 0 Å². The summed E-state index contributed by atoms with van der Waals surface area (Å²) >= 11 is 0. The molecule has 1 atom stereocenters. The summed E-state index contributed by atoms with van der Waals surface area (Å²) < 4.78 is 50.7. The Balaban J connectivity index is 0. The summed E-state index contributed by atoms with van der Waals surface area (Å²) in [5.41, 5.74) is 0. The van der Waals surface area contributed by atoms with Gasteiger partial charge in [0.2, 0.25) is 0 Å². The van der Waals surface area contributed by atoms with Gasteiger partial charge in [-0.3, -0.25) is 0 Å². The molecular formula is C10H20NaO6SSi2. The van der Waals surface area contributed by atoms with Crippen LogP contribution in [0.15, 0.2) is 25.3 Å². The molecule has 1 radical (unpaired) electrons. The molecule has 0 aromatic rings. The van der Waals surface area contributed by atoms with Crippen LogP contribution in [0.5, 0.6) is 0 Å². The molecule has 10 heteroatoms. The van der Waals surface area contributed by atoms with Crippen LogP contribution in [0.1, 0.15) is 0 Å². The summed E-state index contributed by atoms with van der Waals surface area (Å²) in [5, 5.41) is 0. The first-order valence-electron chi connectivity index (χ1n) is 5.58. The van der Waals surface area contributed by atoms with Crippen LogP contribution in [-0.2, 0) is 23.2 Å². The van der Waals surface area contributed by atoms with E-state index < -0.39 is 32.0 Å². The average Bonchev–Trinajstić information content (AvgIpc) is 2.26. The van der Waals surface area contributed by atoms with Crippen LogP contribution < -0.4 is 29.6 Å². The first-order valence-corrected chi connectivity index (χ1v) is 12.6. The fourth-order valence-electron chi connectivity index (χ4n) is 1.28. The maximum Gasteiger partial charge on any atom is 1.00 e. The molecule has 0 aromatic carbocycles. The summed E-state index contributed by atoms with van der Waals surface area (Å²) in [6.07, 6.45) is 2.89. The fraction of sp³-hybridized carbons (Fsp3) is 0.600. The quantitative estimate of drug-likeness (QED) is 0.200. The predicted octanol–water partition coefficient (Wildman–Crippen LogP) is -1.85. The molecule has 0 saturated carbocycles. The minimum absolute atomic E-state index is 0. The number of hydrogen-bond acceptors (Lipinski definition) is 6. The van der Waals surface area contributed by atoms with E-state index in [0.717, 1.165) is 0 Å². The van der Waals surface area contributed by atoms with Gasteiger partial charge in [0, 0.05) is 0 Å². The van der Waals surface area contributed by atoms with Gasteiger partial charge in [0.1, 0.15) is 9.57 Å². The second-order valence-corrected chi connectivity index (χ2v) is 14.0. The third-order valence-electron chi connectivity index (χ3n) is 2.06. The monoisotopic (exact) mass is 347 g/mol. The van der Waals surface area contributed by atoms with Crippen LogP contribution in [0.4, 0.5) is 0 Å². The molecule has 0 aliphatic heterocycles. The standard InChI is InChI=1S/C10H21O6SSi2.Na/c1-6-8-14-10(15-9-7-2)19(5,16-18(3)4)17(11,12)13;/h6-7,10H,1-2,8-9H2,3-5H3,(H,11,12,13);/q;+1/p-1. The molecule has 0 saturated heterocycles. The van der Waals surface area contributed by atoms with Crippen LogP contribution in [0, 0.1) is 0 Å². The van der Waals surface area contributed by atoms with Crippen LogP contribution in [-0.4, -0.2) is 48.6 Å². The van der Waals surface area contributed by atoms with Gasteiger partial charge in [0.05, 0.1) is 13.2 Å². The van der Waals surface area contributed by atoms with Crippen molar-refractivity contribution in [1.29, 1.82) is 0 Å². The Morgan fingerprint density at radius 2 is 1.65 bits per heavy atom. The third-order valence-corrected chi connectivity index (χ3v) is 11.8. The summed E-state index contributed by atoms with van der Waals surface area (Å²) in [6, 6.07) is 0. The average molecular weight is 347 g/mol. The van der Waals surface area contributed by atoms with Gasteiger partial charge >= 0.3 is 37.0 Å². The van der Waals surface area contributed by atoms with Crippen molar-refractivity contribution in [2.24, 2.45) is 0 Å². The van der Waals surface area contributed by atoms with Crippen LogP contribution >= 0.6 is 0 Å². The van der Waals surface area contributed by atoms with Gasteiger partial charge in [-0.15, -0.1) is 13.2 Å². The Morgan fingerprint density at radius 3 is 1.90 bits per heavy atom. The van der Waals surface area contributed by atoms with E-state index >= 15 is 0 Å². The molecule has 0 fully saturated rings. The zero-order valence-electron chi connectivity index (χ0n) is 12.4. The Bertz CT molecular complexity index is 391. The maximum atomic E-state index is 11.5. The largest absolute Gasteiger partial charge is 1.00 e. The van der Waals surface area contributed by atoms with E-state index in [1.54, 1.807) is 13.1 Å². The second-order valence-electron chi connectivity index (χ2n) is 4.06. The smallest absolute Gasteiger partial charge is 0.751 e. The van der Waals surface area contributed by atoms with E-state index in [1.165, 1.54) is 18.7 Å². The van der Waals surface area contributed by atoms with E-state index in [1.807, 2.05) is 0 Å². The van der Waals surface area contributed by atoms with Gasteiger partial charge in [-0.2, -0.15) is 0 Å². The topological polar surface area (TPSA) is 84.9 Å². The summed E-state index contributed by atoms with van der Waals surface area (Å²) in [6.45, 7) is 11.9. The molecule has 0 N–H and O–H groups in total. The van der Waals surface area contributed by atoms with E-state index in [-0.39, 0.29) is 42.8 Å². The number of ether oxygens (including phenoxy) is 2. The van der Waals surface area contributed by atoms with Crippen molar-refractivity contribution >= 4 is 26.1 Å². The van der Waals surface area contributed by atoms with Gasteiger partial charge < -0.3 is 18.1 Å². The summed E-state index contributed by atoms with van der Waals surface area (Å²) in [5.74, 6) is -1.20. The van der Waals surface area contributed by atoms with Crippen molar-refractivity contribution < 1.29 is 56.1 Å². The van der Waals surface area contributed by atoms with Gasteiger partial charge in [-0.25, -0.2) is 8.42 Å². The first kappa shape index (κ1) is 23.0. The second kappa shape index (κ2) is 10.4. The molecule has 1 unspecified atom stereocenters. The molecule has 0 aliphatic carbocycles. The van der Waals surface area contributed by atoms with Crippen LogP contribution in [0.2, 0.25) is 19.6 Å². The molecule has 0 bridgehead atoms. The van der Waals surface area contributed by atoms with Crippen molar-refractivity contribution in [1.82, 2.24) is 0 Å². The van der Waals surface area contributed by atoms with Gasteiger partial charge in [0.25, 0.3) is 0 Å². The molecule has 0 rings (SSSR count). The fourth-order valence-corrected chi connectivity index (χ4v) is 9.89. The van der Waals surface area contributed by atoms with Crippen molar-refractivity contribution in [3.63, 3.8) is 0 Å². The first-order chi connectivity index (χ1) is 8.69. The summed E-state index contributed by atoms with van der Waals surface area (Å²) in [4.78, 5) is 0. The third kappa shape index (κ3) is 7.12. The minimum atomic E-state index is -4.65. The van der Waals surface area contributed by atoms with Crippen LogP contribution in [0.25, 0.3) is 0 Å². The van der Waals surface area contributed by atoms with Gasteiger partial charge in [0.15, 0.2) is 15.0 Å². The molecular weight excluding hydrogens is 327 g/mol. The molecule has 0 aliphatic rings. The number of rotatable bonds is 10. The zero-order chi connectivity index (χ0) is 15.1. The molecule has 20 heavy (non-hydrogen) atoms. The molecule has 0 amide bonds. The van der Waals surface area contributed by atoms with E-state index in [2.05, 4.69) is 13.2 Å². The number of hydrogen-bond donors (Lipinski definition) is 0. The molecule has 0 aromatic heterocycles. The molecule has 111 valence electrons. The Morgan fingerprint density at radius 1 is 1.25 bits per heavy atom. The van der Waals surface area contributed by atoms with Gasteiger partial charge in [-0.1, -0.05) is 12.2 Å². The predicted molar refractivity (Wildman–Crippen MR) is 76.0 cm³/mol. The SMILES string of the molecule is C=CCOC(OCC=C)[Si](C)(O[Si](C)C)S(=O)(=O)[O-].[Na+]. The minimum Gasteiger partial charge on any atom is -0.751 e. The zero-order valence-corrected chi connectivity index (χ0v) is 17.2. The molecule has 6 nitrogen and oxygen atoms in total. The molecule has 0 spiro atoms. The van der Waals surface area contributed by atoms with Crippen LogP contribution in [0.3, 0.4) is 0 Å². The van der Waals surface area contributed by atoms with E-state index in [0.29, 0.717) is 0 Å². The van der Waals surface area contributed by atoms with Gasteiger partial charge in [-0.05, 0) is 19.6 Å². The Hall–Kier alpha value is 0.704. The van der Waals surface area contributed by atoms with Crippen molar-refractivity contribution in [3.05, 3.63) is 25.3 Å². The van der Waals surface area contributed by atoms with Crippen molar-refractivity contribution in [2.75, 3.05) is 13.2 Å². The Kier molecular flexibility index (Phi) is 12.0. The van der Waals surface area contributed by atoms with E-state index in [4.69, 9.17) is 13.6 Å². The molecule has 0 heterocycles. The normalized spacial score (nSPS) is 14.7. The van der Waals surface area contributed by atoms with Crippen molar-refractivity contribution in [2.45, 2.75) is 25.6 Å². The van der Waals surface area contributed by atoms with E-state index in [9.17, 15) is 13.0 Å². The summed E-state index contributed by atoms with van der Waals surface area (Å²) in [7, 11) is -9.84.